The van der Waals surface area contributed by atoms with Crippen molar-refractivity contribution in [1.82, 2.24) is 10.3 Å². The minimum atomic E-state index is -0.874. The summed E-state index contributed by atoms with van der Waals surface area (Å²) in [6.07, 6.45) is -0.413. The second-order valence-corrected chi connectivity index (χ2v) is 9.33. The first-order chi connectivity index (χ1) is 15.9. The van der Waals surface area contributed by atoms with Gasteiger partial charge in [0.25, 0.3) is 0 Å². The van der Waals surface area contributed by atoms with Gasteiger partial charge < -0.3 is 21.1 Å². The summed E-state index contributed by atoms with van der Waals surface area (Å²) in [7, 11) is 0. The van der Waals surface area contributed by atoms with Gasteiger partial charge in [-0.05, 0) is 18.1 Å². The number of rotatable bonds is 10. The standard InChI is InChI=1S/C23H24N4O4S2/c1-15-21(32-14-19(24)28)33-22(25-15)27-20(29)18(12-16-8-4-2-5-9-16)26-23(30)31-13-17-10-6-3-7-11-17/h2-11,18H,12-14H2,1H3,(H2,24,28)(H,26,30)(H,25,27,29). The number of alkyl carbamates (subject to hydrolysis) is 1. The number of nitrogens with zero attached hydrogens (tertiary/aromatic N) is 1. The Balaban J connectivity index is 1.66. The van der Waals surface area contributed by atoms with E-state index in [0.717, 1.165) is 15.3 Å². The number of nitrogens with two attached hydrogens (primary N) is 1. The van der Waals surface area contributed by atoms with E-state index in [1.165, 1.54) is 23.1 Å². The van der Waals surface area contributed by atoms with Crippen molar-refractivity contribution < 1.29 is 19.1 Å². The van der Waals surface area contributed by atoms with Crippen LogP contribution in [0.2, 0.25) is 0 Å². The van der Waals surface area contributed by atoms with Crippen molar-refractivity contribution >= 4 is 46.1 Å². The van der Waals surface area contributed by atoms with Crippen LogP contribution in [0.1, 0.15) is 16.8 Å². The van der Waals surface area contributed by atoms with Crippen LogP contribution in [0.25, 0.3) is 0 Å². The van der Waals surface area contributed by atoms with E-state index in [0.29, 0.717) is 10.8 Å². The maximum absolute atomic E-state index is 13.0. The highest BCUT2D eigenvalue weighted by molar-refractivity contribution is 8.01. The smallest absolute Gasteiger partial charge is 0.408 e. The van der Waals surface area contributed by atoms with Crippen LogP contribution in [0.15, 0.2) is 64.9 Å². The highest BCUT2D eigenvalue weighted by Crippen LogP contribution is 2.31. The molecule has 1 atom stereocenters. The fourth-order valence-electron chi connectivity index (χ4n) is 2.87. The van der Waals surface area contributed by atoms with E-state index in [2.05, 4.69) is 15.6 Å². The zero-order chi connectivity index (χ0) is 23.6. The summed E-state index contributed by atoms with van der Waals surface area (Å²) in [5.41, 5.74) is 7.62. The molecule has 0 fully saturated rings. The average Bonchev–Trinajstić information content (AvgIpc) is 3.16. The van der Waals surface area contributed by atoms with Gasteiger partial charge in [-0.1, -0.05) is 72.0 Å². The maximum Gasteiger partial charge on any atom is 0.408 e. The van der Waals surface area contributed by atoms with Crippen molar-refractivity contribution in [2.24, 2.45) is 5.73 Å². The van der Waals surface area contributed by atoms with Crippen LogP contribution in [-0.2, 0) is 27.4 Å². The summed E-state index contributed by atoms with van der Waals surface area (Å²) < 4.78 is 6.07. The number of aromatic nitrogens is 1. The second kappa shape index (κ2) is 12.0. The first-order valence-electron chi connectivity index (χ1n) is 10.1. The molecule has 0 saturated carbocycles. The van der Waals surface area contributed by atoms with Crippen molar-refractivity contribution in [3.8, 4) is 0 Å². The van der Waals surface area contributed by atoms with Gasteiger partial charge in [0.15, 0.2) is 5.13 Å². The van der Waals surface area contributed by atoms with Crippen LogP contribution in [-0.4, -0.2) is 34.7 Å². The molecular weight excluding hydrogens is 460 g/mol. The van der Waals surface area contributed by atoms with Crippen LogP contribution >= 0.6 is 23.1 Å². The van der Waals surface area contributed by atoms with Gasteiger partial charge >= 0.3 is 6.09 Å². The molecule has 0 bridgehead atoms. The zero-order valence-corrected chi connectivity index (χ0v) is 19.6. The third-order valence-corrected chi connectivity index (χ3v) is 6.89. The van der Waals surface area contributed by atoms with Gasteiger partial charge in [0.2, 0.25) is 11.8 Å². The molecule has 0 aliphatic rings. The summed E-state index contributed by atoms with van der Waals surface area (Å²) >= 11 is 2.52. The van der Waals surface area contributed by atoms with E-state index in [-0.39, 0.29) is 18.8 Å². The topological polar surface area (TPSA) is 123 Å². The summed E-state index contributed by atoms with van der Waals surface area (Å²) in [5.74, 6) is -0.725. The molecule has 3 aromatic rings. The van der Waals surface area contributed by atoms with Crippen LogP contribution in [0, 0.1) is 6.92 Å². The minimum absolute atomic E-state index is 0.0957. The van der Waals surface area contributed by atoms with Gasteiger partial charge in [-0.25, -0.2) is 9.78 Å². The highest BCUT2D eigenvalue weighted by Gasteiger charge is 2.24. The Kier molecular flexibility index (Phi) is 8.85. The Morgan fingerprint density at radius 2 is 1.70 bits per heavy atom. The number of benzene rings is 2. The molecule has 0 radical (unpaired) electrons. The lowest BCUT2D eigenvalue weighted by molar-refractivity contribution is -0.118. The molecule has 0 aliphatic heterocycles. The summed E-state index contributed by atoms with van der Waals surface area (Å²) in [6.45, 7) is 1.88. The fourth-order valence-corrected chi connectivity index (χ4v) is 4.75. The Morgan fingerprint density at radius 3 is 2.33 bits per heavy atom. The number of carbonyl (C=O) groups is 3. The Labute approximate surface area is 199 Å². The molecule has 0 spiro atoms. The second-order valence-electron chi connectivity index (χ2n) is 7.08. The van der Waals surface area contributed by atoms with Crippen molar-refractivity contribution in [3.05, 3.63) is 77.5 Å². The summed E-state index contributed by atoms with van der Waals surface area (Å²) in [4.78, 5) is 40.8. The number of thioether (sulfide) groups is 1. The minimum Gasteiger partial charge on any atom is -0.445 e. The van der Waals surface area contributed by atoms with Crippen LogP contribution in [0.5, 0.6) is 0 Å². The van der Waals surface area contributed by atoms with Gasteiger partial charge in [-0.2, -0.15) is 0 Å². The molecule has 33 heavy (non-hydrogen) atoms. The first kappa shape index (κ1) is 24.3. The molecule has 1 aromatic heterocycles. The number of carbonyl (C=O) groups excluding carboxylic acids is 3. The average molecular weight is 485 g/mol. The predicted octanol–water partition coefficient (Wildman–Crippen LogP) is 3.51. The number of amides is 3. The van der Waals surface area contributed by atoms with E-state index in [4.69, 9.17) is 10.5 Å². The molecule has 3 rings (SSSR count). The molecular formula is C23H24N4O4S2. The van der Waals surface area contributed by atoms with Crippen LogP contribution in [0.3, 0.4) is 0 Å². The first-order valence-corrected chi connectivity index (χ1v) is 11.9. The number of aryl methyl sites for hydroxylation is 1. The molecule has 4 N–H and O–H groups in total. The molecule has 8 nitrogen and oxygen atoms in total. The fraction of sp³-hybridized carbons (Fsp3) is 0.217. The summed E-state index contributed by atoms with van der Waals surface area (Å²) in [5, 5.41) is 5.79. The number of hydrogen-bond acceptors (Lipinski definition) is 7. The number of primary amides is 1. The van der Waals surface area contributed by atoms with Gasteiger partial charge in [0, 0.05) is 6.42 Å². The number of ether oxygens (including phenoxy) is 1. The van der Waals surface area contributed by atoms with Crippen molar-refractivity contribution in [3.63, 3.8) is 0 Å². The lowest BCUT2D eigenvalue weighted by atomic mass is 10.1. The maximum atomic E-state index is 13.0. The summed E-state index contributed by atoms with van der Waals surface area (Å²) in [6, 6.07) is 17.8. The van der Waals surface area contributed by atoms with Gasteiger partial charge in [0.1, 0.15) is 12.6 Å². The molecule has 1 heterocycles. The third kappa shape index (κ3) is 7.92. The lowest BCUT2D eigenvalue weighted by Crippen LogP contribution is -2.45. The molecule has 1 unspecified atom stereocenters. The Morgan fingerprint density at radius 1 is 1.06 bits per heavy atom. The molecule has 0 aliphatic carbocycles. The van der Waals surface area contributed by atoms with E-state index in [1.807, 2.05) is 60.7 Å². The van der Waals surface area contributed by atoms with Crippen molar-refractivity contribution in [2.75, 3.05) is 11.1 Å². The van der Waals surface area contributed by atoms with E-state index in [1.54, 1.807) is 6.92 Å². The number of hydrogen-bond donors (Lipinski definition) is 3. The van der Waals surface area contributed by atoms with E-state index >= 15 is 0 Å². The van der Waals surface area contributed by atoms with E-state index < -0.39 is 23.9 Å². The Hall–Kier alpha value is -3.37. The highest BCUT2D eigenvalue weighted by atomic mass is 32.2. The third-order valence-electron chi connectivity index (χ3n) is 4.43. The normalized spacial score (nSPS) is 11.4. The van der Waals surface area contributed by atoms with Crippen molar-refractivity contribution in [1.29, 1.82) is 0 Å². The monoisotopic (exact) mass is 484 g/mol. The van der Waals surface area contributed by atoms with Gasteiger partial charge in [-0.3, -0.25) is 9.59 Å². The lowest BCUT2D eigenvalue weighted by Gasteiger charge is -2.18. The molecule has 2 aromatic carbocycles. The van der Waals surface area contributed by atoms with Crippen molar-refractivity contribution in [2.45, 2.75) is 30.2 Å². The SMILES string of the molecule is Cc1nc(NC(=O)C(Cc2ccccc2)NC(=O)OCc2ccccc2)sc1SCC(N)=O. The zero-order valence-electron chi connectivity index (χ0n) is 17.9. The molecule has 3 amide bonds. The number of thiazole rings is 1. The van der Waals surface area contributed by atoms with Crippen LogP contribution < -0.4 is 16.4 Å². The van der Waals surface area contributed by atoms with Gasteiger partial charge in [-0.15, -0.1) is 11.8 Å². The largest absolute Gasteiger partial charge is 0.445 e. The molecule has 10 heteroatoms. The molecule has 0 saturated heterocycles. The van der Waals surface area contributed by atoms with E-state index in [9.17, 15) is 14.4 Å². The predicted molar refractivity (Wildman–Crippen MR) is 129 cm³/mol. The molecule has 172 valence electrons. The van der Waals surface area contributed by atoms with Crippen LogP contribution in [0.4, 0.5) is 9.93 Å². The number of anilines is 1. The van der Waals surface area contributed by atoms with Gasteiger partial charge in [0.05, 0.1) is 15.7 Å². The quantitative estimate of drug-likeness (QED) is 0.379. The number of nitrogens with one attached hydrogen (secondary N) is 2. The Bertz CT molecular complexity index is 1090.